The molecular weight excluding hydrogens is 264 g/mol. The average Bonchev–Trinajstić information content (AvgIpc) is 2.84. The van der Waals surface area contributed by atoms with E-state index in [4.69, 9.17) is 0 Å². The number of hydrogen-bond donors (Lipinski definition) is 0. The molecule has 0 bridgehead atoms. The maximum absolute atomic E-state index is 2.64. The molecule has 4 aliphatic rings. The summed E-state index contributed by atoms with van der Waals surface area (Å²) >= 11 is 0. The second kappa shape index (κ2) is 5.25. The molecule has 0 aromatic carbocycles. The van der Waals surface area contributed by atoms with Crippen LogP contribution in [0.3, 0.4) is 0 Å². The van der Waals surface area contributed by atoms with Crippen molar-refractivity contribution in [2.45, 2.75) is 85.0 Å². The molecule has 0 heteroatoms. The zero-order chi connectivity index (χ0) is 15.4. The van der Waals surface area contributed by atoms with Crippen LogP contribution in [0.15, 0.2) is 23.3 Å². The molecule has 3 fully saturated rings. The number of hydrogen-bond acceptors (Lipinski definition) is 0. The monoisotopic (exact) mass is 298 g/mol. The Morgan fingerprint density at radius 3 is 2.68 bits per heavy atom. The Labute approximate surface area is 137 Å². The lowest BCUT2D eigenvalue weighted by molar-refractivity contribution is 0.0662. The molecule has 22 heavy (non-hydrogen) atoms. The Balaban J connectivity index is 1.69. The molecule has 0 N–H and O–H groups in total. The van der Waals surface area contributed by atoms with Crippen molar-refractivity contribution in [3.63, 3.8) is 0 Å². The van der Waals surface area contributed by atoms with Gasteiger partial charge in [-0.3, -0.25) is 0 Å². The number of fused-ring (bicyclic) bond motifs is 5. The Hall–Kier alpha value is -0.520. The van der Waals surface area contributed by atoms with Crippen molar-refractivity contribution in [3.8, 4) is 0 Å². The molecule has 4 rings (SSSR count). The van der Waals surface area contributed by atoms with Crippen molar-refractivity contribution < 1.29 is 0 Å². The summed E-state index contributed by atoms with van der Waals surface area (Å²) in [6, 6.07) is 0. The van der Waals surface area contributed by atoms with Crippen molar-refractivity contribution in [2.75, 3.05) is 0 Å². The van der Waals surface area contributed by atoms with Crippen molar-refractivity contribution in [2.24, 2.45) is 28.6 Å². The molecule has 0 amide bonds. The van der Waals surface area contributed by atoms with Gasteiger partial charge in [-0.05, 0) is 73.5 Å². The first-order chi connectivity index (χ1) is 10.6. The third kappa shape index (κ3) is 1.95. The van der Waals surface area contributed by atoms with Gasteiger partial charge in [0, 0.05) is 0 Å². The summed E-state index contributed by atoms with van der Waals surface area (Å²) in [5.74, 6) is 2.78. The first-order valence-electron chi connectivity index (χ1n) is 10.0. The van der Waals surface area contributed by atoms with Crippen LogP contribution in [0.5, 0.6) is 0 Å². The SMILES string of the molecule is CCC[C@H]1CC[C@H]2C3=CC=C4CCCC[C@]4(C)[C@H]3CC[C@]12C. The van der Waals surface area contributed by atoms with Gasteiger partial charge in [-0.2, -0.15) is 0 Å². The third-order valence-corrected chi connectivity index (χ3v) is 8.32. The molecule has 0 aromatic heterocycles. The van der Waals surface area contributed by atoms with Gasteiger partial charge in [0.2, 0.25) is 0 Å². The Bertz CT molecular complexity index is 510. The van der Waals surface area contributed by atoms with Gasteiger partial charge in [0.1, 0.15) is 0 Å². The minimum Gasteiger partial charge on any atom is -0.0654 e. The zero-order valence-electron chi connectivity index (χ0n) is 15.0. The molecule has 0 spiro atoms. The van der Waals surface area contributed by atoms with E-state index in [9.17, 15) is 0 Å². The number of rotatable bonds is 2. The van der Waals surface area contributed by atoms with Crippen LogP contribution in [0, 0.1) is 28.6 Å². The average molecular weight is 299 g/mol. The highest BCUT2D eigenvalue weighted by Gasteiger charge is 2.55. The largest absolute Gasteiger partial charge is 0.0654 e. The van der Waals surface area contributed by atoms with Crippen molar-refractivity contribution in [3.05, 3.63) is 23.3 Å². The van der Waals surface area contributed by atoms with E-state index in [2.05, 4.69) is 32.9 Å². The molecule has 0 aliphatic heterocycles. The minimum absolute atomic E-state index is 0.520. The van der Waals surface area contributed by atoms with Crippen LogP contribution in [-0.4, -0.2) is 0 Å². The van der Waals surface area contributed by atoms with E-state index in [1.165, 1.54) is 64.2 Å². The molecule has 0 heterocycles. The molecule has 0 nitrogen and oxygen atoms in total. The Morgan fingerprint density at radius 2 is 1.86 bits per heavy atom. The summed E-state index contributed by atoms with van der Waals surface area (Å²) in [7, 11) is 0. The van der Waals surface area contributed by atoms with E-state index < -0.39 is 0 Å². The van der Waals surface area contributed by atoms with Gasteiger partial charge in [0.25, 0.3) is 0 Å². The fourth-order valence-electron chi connectivity index (χ4n) is 6.97. The smallest absolute Gasteiger partial charge is 0.00476 e. The van der Waals surface area contributed by atoms with E-state index >= 15 is 0 Å². The summed E-state index contributed by atoms with van der Waals surface area (Å²) in [4.78, 5) is 0. The first kappa shape index (κ1) is 15.0. The highest BCUT2D eigenvalue weighted by atomic mass is 14.6. The van der Waals surface area contributed by atoms with E-state index in [0.717, 1.165) is 17.8 Å². The molecule has 0 saturated heterocycles. The molecule has 4 aliphatic carbocycles. The second-order valence-corrected chi connectivity index (χ2v) is 9.20. The molecule has 0 radical (unpaired) electrons. The van der Waals surface area contributed by atoms with Gasteiger partial charge in [0.15, 0.2) is 0 Å². The van der Waals surface area contributed by atoms with Crippen LogP contribution in [0.4, 0.5) is 0 Å². The van der Waals surface area contributed by atoms with Gasteiger partial charge in [0.05, 0.1) is 0 Å². The molecule has 3 saturated carbocycles. The van der Waals surface area contributed by atoms with Crippen LogP contribution in [-0.2, 0) is 0 Å². The predicted molar refractivity (Wildman–Crippen MR) is 94.7 cm³/mol. The topological polar surface area (TPSA) is 0 Å². The van der Waals surface area contributed by atoms with Crippen LogP contribution < -0.4 is 0 Å². The second-order valence-electron chi connectivity index (χ2n) is 9.20. The molecule has 122 valence electrons. The maximum atomic E-state index is 2.64. The fourth-order valence-corrected chi connectivity index (χ4v) is 6.97. The lowest BCUT2D eigenvalue weighted by Crippen LogP contribution is -2.44. The van der Waals surface area contributed by atoms with Crippen molar-refractivity contribution in [1.29, 1.82) is 0 Å². The Kier molecular flexibility index (Phi) is 3.59. The zero-order valence-corrected chi connectivity index (χ0v) is 15.0. The Morgan fingerprint density at radius 1 is 1.00 bits per heavy atom. The van der Waals surface area contributed by atoms with E-state index in [1.54, 1.807) is 5.57 Å². The van der Waals surface area contributed by atoms with Crippen LogP contribution in [0.25, 0.3) is 0 Å². The van der Waals surface area contributed by atoms with Crippen molar-refractivity contribution >= 4 is 0 Å². The quantitative estimate of drug-likeness (QED) is 0.533. The van der Waals surface area contributed by atoms with Crippen LogP contribution in [0.2, 0.25) is 0 Å². The van der Waals surface area contributed by atoms with Gasteiger partial charge >= 0.3 is 0 Å². The molecule has 5 atom stereocenters. The van der Waals surface area contributed by atoms with Gasteiger partial charge < -0.3 is 0 Å². The summed E-state index contributed by atoms with van der Waals surface area (Å²) in [5, 5.41) is 0. The highest BCUT2D eigenvalue weighted by Crippen LogP contribution is 2.65. The van der Waals surface area contributed by atoms with Crippen LogP contribution >= 0.6 is 0 Å². The van der Waals surface area contributed by atoms with E-state index in [0.29, 0.717) is 10.8 Å². The van der Waals surface area contributed by atoms with Gasteiger partial charge in [-0.15, -0.1) is 0 Å². The van der Waals surface area contributed by atoms with Gasteiger partial charge in [-0.1, -0.05) is 63.3 Å². The van der Waals surface area contributed by atoms with Crippen molar-refractivity contribution in [1.82, 2.24) is 0 Å². The molecule has 0 aromatic rings. The third-order valence-electron chi connectivity index (χ3n) is 8.32. The van der Waals surface area contributed by atoms with E-state index in [-0.39, 0.29) is 0 Å². The first-order valence-corrected chi connectivity index (χ1v) is 10.0. The van der Waals surface area contributed by atoms with E-state index in [1.807, 2.05) is 5.57 Å². The minimum atomic E-state index is 0.520. The molecular formula is C22H34. The summed E-state index contributed by atoms with van der Waals surface area (Å²) in [6.45, 7) is 7.63. The van der Waals surface area contributed by atoms with Crippen LogP contribution in [0.1, 0.15) is 85.0 Å². The summed E-state index contributed by atoms with van der Waals surface area (Å²) < 4.78 is 0. The fraction of sp³-hybridized carbons (Fsp3) is 0.818. The standard InChI is InChI=1S/C22H34/c1-4-7-16-10-12-19-18-11-9-17-8-5-6-14-21(17,2)20(18)13-15-22(16,19)3/h9,11,16,19-20H,4-8,10,12-15H2,1-3H3/t16-,19-,20-,21-,22+/m0/s1. The lowest BCUT2D eigenvalue weighted by atomic mass is 9.50. The molecule has 0 unspecified atom stereocenters. The summed E-state index contributed by atoms with van der Waals surface area (Å²) in [6.07, 6.45) is 19.6. The number of allylic oxidation sites excluding steroid dienone is 4. The highest BCUT2D eigenvalue weighted by molar-refractivity contribution is 5.38. The summed E-state index contributed by atoms with van der Waals surface area (Å²) in [5.41, 5.74) is 4.81. The van der Waals surface area contributed by atoms with Gasteiger partial charge in [-0.25, -0.2) is 0 Å². The maximum Gasteiger partial charge on any atom is -0.00476 e. The predicted octanol–water partition coefficient (Wildman–Crippen LogP) is 6.68. The normalized spacial score (nSPS) is 47.1. The lowest BCUT2D eigenvalue weighted by Gasteiger charge is -2.54.